The normalized spacial score (nSPS) is 18.8. The van der Waals surface area contributed by atoms with Gasteiger partial charge in [-0.25, -0.2) is 37.2 Å². The molecular formula is C30H25ClF4N6O4. The van der Waals surface area contributed by atoms with Crippen molar-refractivity contribution >= 4 is 41.1 Å². The van der Waals surface area contributed by atoms with Gasteiger partial charge in [-0.2, -0.15) is 5.26 Å². The van der Waals surface area contributed by atoms with Crippen LogP contribution in [0.15, 0.2) is 54.7 Å². The van der Waals surface area contributed by atoms with Gasteiger partial charge in [0.15, 0.2) is 0 Å². The lowest BCUT2D eigenvalue weighted by atomic mass is 9.91. The van der Waals surface area contributed by atoms with Gasteiger partial charge in [-0.3, -0.25) is 14.5 Å². The molecule has 234 valence electrons. The van der Waals surface area contributed by atoms with Crippen LogP contribution in [0.1, 0.15) is 49.4 Å². The molecule has 2 fully saturated rings. The fourth-order valence-corrected chi connectivity index (χ4v) is 5.61. The van der Waals surface area contributed by atoms with E-state index in [4.69, 9.17) is 16.3 Å². The summed E-state index contributed by atoms with van der Waals surface area (Å²) in [7, 11) is 0. The van der Waals surface area contributed by atoms with Crippen molar-refractivity contribution in [2.75, 3.05) is 16.4 Å². The topological polar surface area (TPSA) is 129 Å². The minimum absolute atomic E-state index is 0.0208. The zero-order chi connectivity index (χ0) is 32.3. The van der Waals surface area contributed by atoms with Crippen molar-refractivity contribution in [2.45, 2.75) is 56.2 Å². The van der Waals surface area contributed by atoms with Crippen molar-refractivity contribution in [3.8, 4) is 6.07 Å². The number of nitriles is 1. The molecule has 2 atom stereocenters. The first-order chi connectivity index (χ1) is 21.5. The Morgan fingerprint density at radius 2 is 1.80 bits per heavy atom. The van der Waals surface area contributed by atoms with Crippen molar-refractivity contribution < 1.29 is 36.7 Å². The fraction of sp³-hybridized carbons (Fsp3) is 0.333. The Morgan fingerprint density at radius 1 is 1.11 bits per heavy atom. The standard InChI is InChI=1S/C30H25ClF4N6O4/c31-23-4-2-1-3-22(23)25(26(42)38-19-5-9-30(34,35)10-6-19)40(21-14-17(32)13-18(33)15-21)27(43)24-8-12-45-29(44)41(24)28-37-11-7-20(16-36)39-28/h1-4,7,11,13-15,19,24-25H,5-6,8-10,12H2,(H,38,42)/t24-,25?/m0/s1. The largest absolute Gasteiger partial charge is 0.449 e. The lowest BCUT2D eigenvalue weighted by Gasteiger charge is -2.39. The number of hydrogen-bond donors (Lipinski definition) is 1. The smallest absolute Gasteiger partial charge is 0.417 e. The van der Waals surface area contributed by atoms with E-state index in [1.165, 1.54) is 30.5 Å². The van der Waals surface area contributed by atoms with Crippen LogP contribution in [-0.4, -0.2) is 52.5 Å². The minimum atomic E-state index is -2.88. The maximum atomic E-state index is 14.7. The highest BCUT2D eigenvalue weighted by Crippen LogP contribution is 2.37. The van der Waals surface area contributed by atoms with E-state index in [0.717, 1.165) is 21.9 Å². The molecule has 2 aromatic carbocycles. The molecule has 1 aliphatic heterocycles. The van der Waals surface area contributed by atoms with Crippen LogP contribution in [0.25, 0.3) is 0 Å². The Kier molecular flexibility index (Phi) is 9.19. The molecule has 1 N–H and O–H groups in total. The van der Waals surface area contributed by atoms with Crippen molar-refractivity contribution in [1.82, 2.24) is 15.3 Å². The average molecular weight is 645 g/mol. The number of cyclic esters (lactones) is 1. The lowest BCUT2D eigenvalue weighted by Crippen LogP contribution is -2.58. The number of alkyl halides is 2. The maximum absolute atomic E-state index is 14.7. The van der Waals surface area contributed by atoms with E-state index in [2.05, 4.69) is 15.3 Å². The van der Waals surface area contributed by atoms with Crippen molar-refractivity contribution in [1.29, 1.82) is 5.26 Å². The summed E-state index contributed by atoms with van der Waals surface area (Å²) in [6.07, 6.45) is -1.04. The third-order valence-electron chi connectivity index (χ3n) is 7.52. The van der Waals surface area contributed by atoms with Gasteiger partial charge in [0.25, 0.3) is 5.91 Å². The first-order valence-corrected chi connectivity index (χ1v) is 14.3. The van der Waals surface area contributed by atoms with Crippen LogP contribution >= 0.6 is 11.6 Å². The Morgan fingerprint density at radius 3 is 2.47 bits per heavy atom. The molecule has 1 unspecified atom stereocenters. The minimum Gasteiger partial charge on any atom is -0.449 e. The molecule has 1 saturated carbocycles. The second kappa shape index (κ2) is 13.1. The van der Waals surface area contributed by atoms with Crippen LogP contribution < -0.4 is 15.1 Å². The van der Waals surface area contributed by atoms with Gasteiger partial charge in [-0.15, -0.1) is 0 Å². The van der Waals surface area contributed by atoms with Crippen LogP contribution in [0.4, 0.5) is 34.0 Å². The molecule has 3 amide bonds. The summed E-state index contributed by atoms with van der Waals surface area (Å²) < 4.78 is 62.2. The number of benzene rings is 2. The molecule has 15 heteroatoms. The van der Waals surface area contributed by atoms with Crippen molar-refractivity contribution in [3.63, 3.8) is 0 Å². The van der Waals surface area contributed by atoms with Gasteiger partial charge in [-0.1, -0.05) is 29.8 Å². The zero-order valence-electron chi connectivity index (χ0n) is 23.4. The number of rotatable bonds is 7. The maximum Gasteiger partial charge on any atom is 0.417 e. The lowest BCUT2D eigenvalue weighted by molar-refractivity contribution is -0.128. The number of hydrogen-bond acceptors (Lipinski definition) is 7. The van der Waals surface area contributed by atoms with Gasteiger partial charge < -0.3 is 10.1 Å². The van der Waals surface area contributed by atoms with Crippen LogP contribution in [0.3, 0.4) is 0 Å². The van der Waals surface area contributed by atoms with E-state index in [-0.39, 0.29) is 48.1 Å². The molecule has 5 rings (SSSR count). The molecule has 1 saturated heterocycles. The predicted octanol–water partition coefficient (Wildman–Crippen LogP) is 5.46. The summed E-state index contributed by atoms with van der Waals surface area (Å²) in [6.45, 7) is -0.242. The van der Waals surface area contributed by atoms with Gasteiger partial charge in [-0.05, 0) is 37.1 Å². The van der Waals surface area contributed by atoms with Crippen molar-refractivity contribution in [2.24, 2.45) is 0 Å². The summed E-state index contributed by atoms with van der Waals surface area (Å²) in [4.78, 5) is 51.3. The molecule has 2 heterocycles. The molecule has 45 heavy (non-hydrogen) atoms. The first kappa shape index (κ1) is 31.6. The second-order valence-electron chi connectivity index (χ2n) is 10.5. The van der Waals surface area contributed by atoms with E-state index in [9.17, 15) is 37.2 Å². The number of carbonyl (C=O) groups excluding carboxylic acids is 3. The van der Waals surface area contributed by atoms with E-state index in [0.29, 0.717) is 6.07 Å². The van der Waals surface area contributed by atoms with Crippen molar-refractivity contribution in [3.05, 3.63) is 82.6 Å². The number of anilines is 2. The number of halogens is 5. The second-order valence-corrected chi connectivity index (χ2v) is 10.9. The highest BCUT2D eigenvalue weighted by Gasteiger charge is 2.45. The van der Waals surface area contributed by atoms with E-state index < -0.39 is 72.1 Å². The summed E-state index contributed by atoms with van der Waals surface area (Å²) in [5.41, 5.74) is -0.457. The van der Waals surface area contributed by atoms with Gasteiger partial charge >= 0.3 is 6.09 Å². The Labute approximate surface area is 259 Å². The number of ether oxygens (including phenoxy) is 1. The molecule has 10 nitrogen and oxygen atoms in total. The SMILES string of the molecule is N#Cc1ccnc(N2C(=O)OCC[C@H]2C(=O)N(c2cc(F)cc(F)c2)C(C(=O)NC2CCC(F)(F)CC2)c2ccccc2Cl)n1. The monoisotopic (exact) mass is 644 g/mol. The third kappa shape index (κ3) is 6.99. The van der Waals surface area contributed by atoms with E-state index in [1.807, 2.05) is 6.07 Å². The molecule has 0 radical (unpaired) electrons. The summed E-state index contributed by atoms with van der Waals surface area (Å²) in [6, 6.07) is 7.45. The summed E-state index contributed by atoms with van der Waals surface area (Å²) >= 11 is 6.51. The molecular weight excluding hydrogens is 620 g/mol. The number of amides is 3. The van der Waals surface area contributed by atoms with Gasteiger partial charge in [0.05, 0.1) is 12.3 Å². The first-order valence-electron chi connectivity index (χ1n) is 13.9. The van der Waals surface area contributed by atoms with Gasteiger partial charge in [0, 0.05) is 48.2 Å². The highest BCUT2D eigenvalue weighted by molar-refractivity contribution is 6.31. The van der Waals surface area contributed by atoms with E-state index >= 15 is 0 Å². The average Bonchev–Trinajstić information content (AvgIpc) is 3.00. The van der Waals surface area contributed by atoms with E-state index in [1.54, 1.807) is 6.07 Å². The summed E-state index contributed by atoms with van der Waals surface area (Å²) in [5, 5.41) is 12.0. The van der Waals surface area contributed by atoms with Crippen LogP contribution in [0.5, 0.6) is 0 Å². The van der Waals surface area contributed by atoms with Gasteiger partial charge in [0.1, 0.15) is 35.5 Å². The Bertz CT molecular complexity index is 1640. The number of carbonyl (C=O) groups is 3. The number of nitrogens with zero attached hydrogens (tertiary/aromatic N) is 5. The molecule has 1 aromatic heterocycles. The Hall–Kier alpha value is -4.77. The molecule has 3 aromatic rings. The van der Waals surface area contributed by atoms with Crippen LogP contribution in [0.2, 0.25) is 5.02 Å². The van der Waals surface area contributed by atoms with Gasteiger partial charge in [0.2, 0.25) is 17.8 Å². The molecule has 0 bridgehead atoms. The molecule has 1 aliphatic carbocycles. The summed E-state index contributed by atoms with van der Waals surface area (Å²) in [5.74, 6) is -7.22. The number of aromatic nitrogens is 2. The Balaban J connectivity index is 1.63. The third-order valence-corrected chi connectivity index (χ3v) is 7.86. The molecule has 2 aliphatic rings. The number of nitrogens with one attached hydrogen (secondary N) is 1. The highest BCUT2D eigenvalue weighted by atomic mass is 35.5. The van der Waals surface area contributed by atoms with Crippen LogP contribution in [0, 0.1) is 23.0 Å². The zero-order valence-corrected chi connectivity index (χ0v) is 24.2. The molecule has 0 spiro atoms. The fourth-order valence-electron chi connectivity index (χ4n) is 5.37. The quantitative estimate of drug-likeness (QED) is 0.338. The van der Waals surface area contributed by atoms with Crippen LogP contribution in [-0.2, 0) is 14.3 Å². The predicted molar refractivity (Wildman–Crippen MR) is 152 cm³/mol.